The second-order valence-electron chi connectivity index (χ2n) is 7.61. The molecule has 0 unspecified atom stereocenters. The number of nitrogens with zero attached hydrogens (tertiary/aromatic N) is 2. The van der Waals surface area contributed by atoms with Crippen LogP contribution in [0.5, 0.6) is 0 Å². The van der Waals surface area contributed by atoms with Crippen LogP contribution in [0.25, 0.3) is 0 Å². The largest absolute Gasteiger partial charge is 0.350 e. The minimum absolute atomic E-state index is 0.339. The zero-order valence-electron chi connectivity index (χ0n) is 17.0. The van der Waals surface area contributed by atoms with E-state index < -0.39 is 16.1 Å². The van der Waals surface area contributed by atoms with E-state index >= 15 is 0 Å². The van der Waals surface area contributed by atoms with Crippen LogP contribution < -0.4 is 5.32 Å². The van der Waals surface area contributed by atoms with Crippen LogP contribution in [0.2, 0.25) is 0 Å². The van der Waals surface area contributed by atoms with Crippen LogP contribution in [0, 0.1) is 0 Å². The first-order chi connectivity index (χ1) is 13.8. The van der Waals surface area contributed by atoms with Gasteiger partial charge in [-0.3, -0.25) is 9.69 Å². The molecule has 6 nitrogen and oxygen atoms in total. The van der Waals surface area contributed by atoms with E-state index in [2.05, 4.69) is 22.3 Å². The molecule has 1 heterocycles. The van der Waals surface area contributed by atoms with Gasteiger partial charge in [-0.05, 0) is 42.6 Å². The molecule has 1 fully saturated rings. The number of likely N-dealkylation sites (N-methyl/N-ethyl adjacent to an activating group) is 1. The molecule has 29 heavy (non-hydrogen) atoms. The third-order valence-corrected chi connectivity index (χ3v) is 6.57. The van der Waals surface area contributed by atoms with Gasteiger partial charge in [0.15, 0.2) is 0 Å². The number of carbonyl (C=O) groups is 1. The smallest absolute Gasteiger partial charge is 0.243 e. The highest BCUT2D eigenvalue weighted by molar-refractivity contribution is 7.88. The van der Waals surface area contributed by atoms with Crippen LogP contribution in [0.1, 0.15) is 35.6 Å². The summed E-state index contributed by atoms with van der Waals surface area (Å²) < 4.78 is 25.3. The first-order valence-corrected chi connectivity index (χ1v) is 11.8. The summed E-state index contributed by atoms with van der Waals surface area (Å²) in [7, 11) is -2.10. The van der Waals surface area contributed by atoms with Gasteiger partial charge in [-0.15, -0.1) is 0 Å². The highest BCUT2D eigenvalue weighted by atomic mass is 32.2. The second kappa shape index (κ2) is 9.52. The fourth-order valence-electron chi connectivity index (χ4n) is 3.68. The molecule has 3 rings (SSSR count). The van der Waals surface area contributed by atoms with Crippen LogP contribution in [0.3, 0.4) is 0 Å². The summed E-state index contributed by atoms with van der Waals surface area (Å²) in [6.45, 7) is 3.55. The molecule has 156 valence electrons. The van der Waals surface area contributed by atoms with Crippen LogP contribution in [-0.2, 0) is 27.9 Å². The standard InChI is InChI=1S/C22H29N3O3S/c1-24(29(2,27)28)21(20-11-4-3-5-12-20)22(26)23-16-18-9-8-10-19(15-18)17-25-13-6-7-14-25/h3-5,8-12,15,21H,6-7,13-14,16-17H2,1-2H3,(H,23,26)/t21-/m0/s1. The predicted octanol–water partition coefficient (Wildman–Crippen LogP) is 2.53. The Bertz CT molecular complexity index is 925. The third-order valence-electron chi connectivity index (χ3n) is 5.31. The van der Waals surface area contributed by atoms with Gasteiger partial charge in [-0.25, -0.2) is 8.42 Å². The molecule has 1 atom stereocenters. The van der Waals surface area contributed by atoms with E-state index in [1.54, 1.807) is 24.3 Å². The van der Waals surface area contributed by atoms with Crippen molar-refractivity contribution in [1.82, 2.24) is 14.5 Å². The molecule has 1 N–H and O–H groups in total. The van der Waals surface area contributed by atoms with Gasteiger partial charge < -0.3 is 5.32 Å². The fraction of sp³-hybridized carbons (Fsp3) is 0.409. The third kappa shape index (κ3) is 5.88. The molecule has 0 radical (unpaired) electrons. The molecule has 7 heteroatoms. The van der Waals surface area contributed by atoms with Crippen molar-refractivity contribution in [2.24, 2.45) is 0 Å². The fourth-order valence-corrected chi connectivity index (χ4v) is 4.28. The predicted molar refractivity (Wildman–Crippen MR) is 115 cm³/mol. The molecule has 0 aromatic heterocycles. The highest BCUT2D eigenvalue weighted by Gasteiger charge is 2.30. The van der Waals surface area contributed by atoms with E-state index in [1.165, 1.54) is 25.5 Å². The zero-order valence-corrected chi connectivity index (χ0v) is 17.9. The lowest BCUT2D eigenvalue weighted by Gasteiger charge is -2.25. The molecule has 0 bridgehead atoms. The molecular weight excluding hydrogens is 386 g/mol. The molecule has 1 aliphatic rings. The maximum Gasteiger partial charge on any atom is 0.243 e. The molecule has 0 aliphatic carbocycles. The summed E-state index contributed by atoms with van der Waals surface area (Å²) in [5.74, 6) is -0.339. The van der Waals surface area contributed by atoms with Crippen molar-refractivity contribution in [1.29, 1.82) is 0 Å². The molecule has 0 saturated carbocycles. The van der Waals surface area contributed by atoms with E-state index in [0.29, 0.717) is 12.1 Å². The summed E-state index contributed by atoms with van der Waals surface area (Å²) in [5.41, 5.74) is 2.87. The van der Waals surface area contributed by atoms with E-state index in [0.717, 1.165) is 35.8 Å². The Morgan fingerprint density at radius 1 is 1.07 bits per heavy atom. The summed E-state index contributed by atoms with van der Waals surface area (Å²) >= 11 is 0. The lowest BCUT2D eigenvalue weighted by Crippen LogP contribution is -2.41. The van der Waals surface area contributed by atoms with Crippen LogP contribution in [0.4, 0.5) is 0 Å². The number of amides is 1. The highest BCUT2D eigenvalue weighted by Crippen LogP contribution is 2.22. The Hall–Kier alpha value is -2.22. The van der Waals surface area contributed by atoms with E-state index in [1.807, 2.05) is 18.2 Å². The average Bonchev–Trinajstić information content (AvgIpc) is 3.20. The zero-order chi connectivity index (χ0) is 20.9. The topological polar surface area (TPSA) is 69.7 Å². The van der Waals surface area contributed by atoms with Crippen molar-refractivity contribution >= 4 is 15.9 Å². The average molecular weight is 416 g/mol. The first kappa shape index (κ1) is 21.5. The molecule has 1 amide bonds. The number of rotatable bonds is 8. The van der Waals surface area contributed by atoms with Gasteiger partial charge >= 0.3 is 0 Å². The molecule has 1 saturated heterocycles. The van der Waals surface area contributed by atoms with Crippen molar-refractivity contribution in [3.05, 3.63) is 71.3 Å². The van der Waals surface area contributed by atoms with Gasteiger partial charge in [0.1, 0.15) is 6.04 Å². The van der Waals surface area contributed by atoms with Gasteiger partial charge in [0.25, 0.3) is 0 Å². The lowest BCUT2D eigenvalue weighted by molar-refractivity contribution is -0.124. The molecule has 0 spiro atoms. The monoisotopic (exact) mass is 415 g/mol. The number of carbonyl (C=O) groups excluding carboxylic acids is 1. The van der Waals surface area contributed by atoms with Crippen molar-refractivity contribution in [2.45, 2.75) is 32.0 Å². The molecule has 1 aliphatic heterocycles. The summed E-state index contributed by atoms with van der Waals surface area (Å²) in [4.78, 5) is 15.4. The first-order valence-electron chi connectivity index (χ1n) is 9.90. The Labute approximate surface area is 173 Å². The second-order valence-corrected chi connectivity index (χ2v) is 9.66. The van der Waals surface area contributed by atoms with Crippen LogP contribution in [-0.4, -0.2) is 49.9 Å². The minimum Gasteiger partial charge on any atom is -0.350 e. The van der Waals surface area contributed by atoms with Gasteiger partial charge in [0.05, 0.1) is 6.26 Å². The number of hydrogen-bond donors (Lipinski definition) is 1. The number of sulfonamides is 1. The Morgan fingerprint density at radius 2 is 1.72 bits per heavy atom. The van der Waals surface area contributed by atoms with Gasteiger partial charge in [-0.2, -0.15) is 4.31 Å². The van der Waals surface area contributed by atoms with E-state index in [4.69, 9.17) is 0 Å². The normalized spacial score (nSPS) is 16.1. The van der Waals surface area contributed by atoms with Crippen LogP contribution in [0.15, 0.2) is 54.6 Å². The number of hydrogen-bond acceptors (Lipinski definition) is 4. The van der Waals surface area contributed by atoms with Crippen LogP contribution >= 0.6 is 0 Å². The number of likely N-dealkylation sites (tertiary alicyclic amines) is 1. The van der Waals surface area contributed by atoms with Crippen molar-refractivity contribution in [2.75, 3.05) is 26.4 Å². The van der Waals surface area contributed by atoms with E-state index in [9.17, 15) is 13.2 Å². The van der Waals surface area contributed by atoms with Gasteiger partial charge in [0, 0.05) is 20.1 Å². The molecule has 2 aromatic carbocycles. The quantitative estimate of drug-likeness (QED) is 0.719. The summed E-state index contributed by atoms with van der Waals surface area (Å²) in [5, 5.41) is 2.91. The Morgan fingerprint density at radius 3 is 2.38 bits per heavy atom. The Balaban J connectivity index is 1.70. The lowest BCUT2D eigenvalue weighted by atomic mass is 10.1. The van der Waals surface area contributed by atoms with Crippen molar-refractivity contribution < 1.29 is 13.2 Å². The van der Waals surface area contributed by atoms with Gasteiger partial charge in [0.2, 0.25) is 15.9 Å². The molecular formula is C22H29N3O3S. The maximum absolute atomic E-state index is 12.9. The molecule has 2 aromatic rings. The summed E-state index contributed by atoms with van der Waals surface area (Å²) in [6, 6.07) is 16.3. The maximum atomic E-state index is 12.9. The van der Waals surface area contributed by atoms with Gasteiger partial charge in [-0.1, -0.05) is 54.6 Å². The Kier molecular flexibility index (Phi) is 7.05. The summed E-state index contributed by atoms with van der Waals surface area (Å²) in [6.07, 6.45) is 3.62. The van der Waals surface area contributed by atoms with Crippen molar-refractivity contribution in [3.63, 3.8) is 0 Å². The van der Waals surface area contributed by atoms with E-state index in [-0.39, 0.29) is 5.91 Å². The number of nitrogens with one attached hydrogen (secondary N) is 1. The SMILES string of the molecule is CN([C@H](C(=O)NCc1cccc(CN2CCCC2)c1)c1ccccc1)S(C)(=O)=O. The minimum atomic E-state index is -3.53. The number of benzene rings is 2. The van der Waals surface area contributed by atoms with Crippen molar-refractivity contribution in [3.8, 4) is 0 Å².